The molecule has 0 unspecified atom stereocenters. The minimum Gasteiger partial charge on any atom is -0.326 e. The molecule has 1 aliphatic heterocycles. The molecule has 4 aromatic carbocycles. The number of amides is 1. The molecule has 40 heavy (non-hydrogen) atoms. The van der Waals surface area contributed by atoms with Crippen molar-refractivity contribution >= 4 is 54.6 Å². The number of hydrogen-bond acceptors (Lipinski definition) is 5. The Morgan fingerprint density at radius 3 is 2.23 bits per heavy atom. The average Bonchev–Trinajstić information content (AvgIpc) is 3.38. The third-order valence-electron chi connectivity index (χ3n) is 6.69. The molecule has 0 atom stereocenters. The smallest absolute Gasteiger partial charge is 0.264 e. The lowest BCUT2D eigenvalue weighted by atomic mass is 10.1. The Balaban J connectivity index is 1.27. The maximum atomic E-state index is 13.3. The van der Waals surface area contributed by atoms with E-state index in [9.17, 15) is 21.6 Å². The van der Waals surface area contributed by atoms with Gasteiger partial charge in [-0.2, -0.15) is 0 Å². The minimum absolute atomic E-state index is 0.0549. The molecule has 0 radical (unpaired) electrons. The minimum atomic E-state index is -3.79. The number of fused-ring (bicyclic) bond motifs is 1. The number of carbonyl (C=O) groups excluding carboxylic acids is 1. The standard InChI is InChI=1S/C29H26ClN3O5S2/c1-32(39(35,36)26-5-3-2-4-6-26)25-13-7-21(8-14-25)19-29(34)31-24-12-9-22-17-18-33(28(22)20-24)40(37,38)27-15-10-23(30)11-16-27/h2-16,20H,17-19H2,1H3,(H,31,34). The summed E-state index contributed by atoms with van der Waals surface area (Å²) in [5, 5.41) is 3.29. The zero-order chi connectivity index (χ0) is 28.5. The second kappa shape index (κ2) is 11.0. The first-order chi connectivity index (χ1) is 19.1. The number of benzene rings is 4. The van der Waals surface area contributed by atoms with Crippen LogP contribution in [-0.2, 0) is 37.7 Å². The van der Waals surface area contributed by atoms with Gasteiger partial charge in [0.25, 0.3) is 20.0 Å². The van der Waals surface area contributed by atoms with E-state index in [1.165, 1.54) is 52.1 Å². The Morgan fingerprint density at radius 2 is 1.55 bits per heavy atom. The van der Waals surface area contributed by atoms with Gasteiger partial charge in [0, 0.05) is 24.3 Å². The van der Waals surface area contributed by atoms with Gasteiger partial charge in [0.15, 0.2) is 0 Å². The van der Waals surface area contributed by atoms with Crippen molar-refractivity contribution < 1.29 is 21.6 Å². The highest BCUT2D eigenvalue weighted by Gasteiger charge is 2.31. The number of hydrogen-bond donors (Lipinski definition) is 1. The highest BCUT2D eigenvalue weighted by molar-refractivity contribution is 7.93. The van der Waals surface area contributed by atoms with Crippen molar-refractivity contribution in [3.8, 4) is 0 Å². The van der Waals surface area contributed by atoms with Crippen LogP contribution in [0.3, 0.4) is 0 Å². The van der Waals surface area contributed by atoms with E-state index in [-0.39, 0.29) is 22.1 Å². The van der Waals surface area contributed by atoms with Crippen LogP contribution in [0.15, 0.2) is 107 Å². The van der Waals surface area contributed by atoms with Crippen LogP contribution in [0.5, 0.6) is 0 Å². The molecule has 0 spiro atoms. The first-order valence-corrected chi connectivity index (χ1v) is 15.7. The largest absolute Gasteiger partial charge is 0.326 e. The molecule has 1 aliphatic rings. The Kier molecular flexibility index (Phi) is 7.59. The zero-order valence-corrected chi connectivity index (χ0v) is 23.9. The van der Waals surface area contributed by atoms with Gasteiger partial charge in [0.1, 0.15) is 0 Å². The van der Waals surface area contributed by atoms with Gasteiger partial charge in [-0.1, -0.05) is 48.0 Å². The number of sulfonamides is 2. The summed E-state index contributed by atoms with van der Waals surface area (Å²) in [5.74, 6) is -0.289. The van der Waals surface area contributed by atoms with Crippen molar-refractivity contribution in [1.82, 2.24) is 0 Å². The van der Waals surface area contributed by atoms with Gasteiger partial charge in [-0.25, -0.2) is 16.8 Å². The lowest BCUT2D eigenvalue weighted by Crippen LogP contribution is -2.29. The fraction of sp³-hybridized carbons (Fsp3) is 0.138. The molecule has 5 rings (SSSR count). The molecule has 0 fully saturated rings. The molecule has 1 N–H and O–H groups in total. The van der Waals surface area contributed by atoms with Crippen molar-refractivity contribution in [2.45, 2.75) is 22.6 Å². The van der Waals surface area contributed by atoms with Crippen molar-refractivity contribution in [2.24, 2.45) is 0 Å². The third kappa shape index (κ3) is 5.56. The van der Waals surface area contributed by atoms with Crippen molar-refractivity contribution in [3.63, 3.8) is 0 Å². The van der Waals surface area contributed by atoms with Crippen LogP contribution in [-0.4, -0.2) is 36.3 Å². The summed E-state index contributed by atoms with van der Waals surface area (Å²) in [6.45, 7) is 0.304. The van der Waals surface area contributed by atoms with Crippen LogP contribution in [0, 0.1) is 0 Å². The molecule has 1 amide bonds. The number of anilines is 3. The van der Waals surface area contributed by atoms with Crippen LogP contribution >= 0.6 is 11.6 Å². The lowest BCUT2D eigenvalue weighted by molar-refractivity contribution is -0.115. The average molecular weight is 596 g/mol. The lowest BCUT2D eigenvalue weighted by Gasteiger charge is -2.20. The van der Waals surface area contributed by atoms with Crippen LogP contribution in [0.4, 0.5) is 17.1 Å². The van der Waals surface area contributed by atoms with E-state index in [2.05, 4.69) is 5.32 Å². The Morgan fingerprint density at radius 1 is 0.875 bits per heavy atom. The summed E-state index contributed by atoms with van der Waals surface area (Å²) in [7, 11) is -6.01. The first kappa shape index (κ1) is 27.7. The van der Waals surface area contributed by atoms with E-state index < -0.39 is 20.0 Å². The molecule has 0 saturated carbocycles. The summed E-state index contributed by atoms with van der Waals surface area (Å²) in [6.07, 6.45) is 0.621. The van der Waals surface area contributed by atoms with Gasteiger partial charge in [0.05, 0.1) is 27.6 Å². The van der Waals surface area contributed by atoms with Gasteiger partial charge < -0.3 is 5.32 Å². The summed E-state index contributed by atoms with van der Waals surface area (Å²) < 4.78 is 54.8. The molecule has 1 heterocycles. The van der Waals surface area contributed by atoms with E-state index in [1.54, 1.807) is 54.6 Å². The van der Waals surface area contributed by atoms with Gasteiger partial charge in [-0.15, -0.1) is 0 Å². The monoisotopic (exact) mass is 595 g/mol. The van der Waals surface area contributed by atoms with Crippen molar-refractivity contribution in [3.05, 3.63) is 113 Å². The van der Waals surface area contributed by atoms with Crippen molar-refractivity contribution in [2.75, 3.05) is 27.5 Å². The number of carbonyl (C=O) groups is 1. The molecule has 0 bridgehead atoms. The van der Waals surface area contributed by atoms with Crippen LogP contribution < -0.4 is 13.9 Å². The summed E-state index contributed by atoms with van der Waals surface area (Å²) >= 11 is 5.92. The van der Waals surface area contributed by atoms with E-state index in [4.69, 9.17) is 11.6 Å². The van der Waals surface area contributed by atoms with Crippen LogP contribution in [0.2, 0.25) is 5.02 Å². The Labute approximate surface area is 238 Å². The first-order valence-electron chi connectivity index (χ1n) is 12.4. The maximum Gasteiger partial charge on any atom is 0.264 e. The van der Waals surface area contributed by atoms with E-state index >= 15 is 0 Å². The fourth-order valence-electron chi connectivity index (χ4n) is 4.51. The Hall–Kier alpha value is -3.86. The summed E-state index contributed by atoms with van der Waals surface area (Å²) in [6, 6.07) is 26.1. The van der Waals surface area contributed by atoms with E-state index in [1.807, 2.05) is 6.07 Å². The second-order valence-corrected chi connectivity index (χ2v) is 13.6. The van der Waals surface area contributed by atoms with Crippen LogP contribution in [0.1, 0.15) is 11.1 Å². The van der Waals surface area contributed by atoms with E-state index in [0.29, 0.717) is 40.6 Å². The van der Waals surface area contributed by atoms with Crippen LogP contribution in [0.25, 0.3) is 0 Å². The number of nitrogens with zero attached hydrogens (tertiary/aromatic N) is 2. The molecule has 0 aromatic heterocycles. The second-order valence-electron chi connectivity index (χ2n) is 9.30. The Bertz CT molecular complexity index is 1760. The molecule has 0 saturated heterocycles. The normalized spacial score (nSPS) is 13.1. The zero-order valence-electron chi connectivity index (χ0n) is 21.5. The predicted octanol–water partition coefficient (Wildman–Crippen LogP) is 5.10. The molecule has 8 nitrogen and oxygen atoms in total. The predicted molar refractivity (Wildman–Crippen MR) is 157 cm³/mol. The van der Waals surface area contributed by atoms with Gasteiger partial charge in [-0.3, -0.25) is 13.4 Å². The van der Waals surface area contributed by atoms with Gasteiger partial charge >= 0.3 is 0 Å². The van der Waals surface area contributed by atoms with Gasteiger partial charge in [0.2, 0.25) is 5.91 Å². The molecular weight excluding hydrogens is 570 g/mol. The summed E-state index contributed by atoms with van der Waals surface area (Å²) in [5.41, 5.74) is 3.04. The number of halogens is 1. The number of rotatable bonds is 8. The molecule has 11 heteroatoms. The highest BCUT2D eigenvalue weighted by atomic mass is 35.5. The van der Waals surface area contributed by atoms with Gasteiger partial charge in [-0.05, 0) is 78.2 Å². The SMILES string of the molecule is CN(c1ccc(CC(=O)Nc2ccc3c(c2)N(S(=O)(=O)c2ccc(Cl)cc2)CC3)cc1)S(=O)(=O)c1ccccc1. The quantitative estimate of drug-likeness (QED) is 0.305. The van der Waals surface area contributed by atoms with Crippen molar-refractivity contribution in [1.29, 1.82) is 0 Å². The molecule has 4 aromatic rings. The highest BCUT2D eigenvalue weighted by Crippen LogP contribution is 2.35. The summed E-state index contributed by atoms with van der Waals surface area (Å²) in [4.78, 5) is 13.1. The topological polar surface area (TPSA) is 104 Å². The molecular formula is C29H26ClN3O5S2. The maximum absolute atomic E-state index is 13.3. The molecule has 0 aliphatic carbocycles. The third-order valence-corrected chi connectivity index (χ3v) is 10.6. The number of nitrogens with one attached hydrogen (secondary N) is 1. The fourth-order valence-corrected chi connectivity index (χ4v) is 7.35. The van der Waals surface area contributed by atoms with E-state index in [0.717, 1.165) is 5.56 Å². The molecule has 206 valence electrons.